The Morgan fingerprint density at radius 3 is 2.68 bits per heavy atom. The maximum atomic E-state index is 12.0. The molecule has 0 bridgehead atoms. The van der Waals surface area contributed by atoms with Crippen molar-refractivity contribution in [2.45, 2.75) is 19.8 Å². The van der Waals surface area contributed by atoms with Crippen LogP contribution >= 0.6 is 0 Å². The number of hydrogen-bond acceptors (Lipinski definition) is 3. The highest BCUT2D eigenvalue weighted by atomic mass is 16.1. The lowest BCUT2D eigenvalue weighted by Gasteiger charge is -2.15. The summed E-state index contributed by atoms with van der Waals surface area (Å²) in [5.41, 5.74) is 2.89. The third-order valence-corrected chi connectivity index (χ3v) is 3.67. The van der Waals surface area contributed by atoms with E-state index in [2.05, 4.69) is 15.5 Å². The largest absolute Gasteiger partial charge is 0.388 e. The van der Waals surface area contributed by atoms with Gasteiger partial charge in [-0.25, -0.2) is 0 Å². The first kappa shape index (κ1) is 13.9. The summed E-state index contributed by atoms with van der Waals surface area (Å²) >= 11 is 0. The fourth-order valence-electron chi connectivity index (χ4n) is 2.52. The summed E-state index contributed by atoms with van der Waals surface area (Å²) in [4.78, 5) is 14.4. The van der Waals surface area contributed by atoms with Crippen molar-refractivity contribution in [3.8, 4) is 0 Å². The zero-order chi connectivity index (χ0) is 13.7. The maximum Gasteiger partial charge on any atom is 0.251 e. The Kier molecular flexibility index (Phi) is 4.80. The number of carbonyl (C=O) groups excluding carboxylic acids is 1. The number of benzene rings is 1. The van der Waals surface area contributed by atoms with Crippen molar-refractivity contribution in [1.82, 2.24) is 10.2 Å². The normalized spacial score (nSPS) is 15.5. The highest BCUT2D eigenvalue weighted by molar-refractivity contribution is 5.94. The van der Waals surface area contributed by atoms with Crippen LogP contribution in [0.25, 0.3) is 0 Å². The minimum Gasteiger partial charge on any atom is -0.388 e. The number of carbonyl (C=O) groups is 1. The number of amides is 1. The van der Waals surface area contributed by atoms with Crippen molar-refractivity contribution >= 4 is 11.6 Å². The fraction of sp³-hybridized carbons (Fsp3) is 0.533. The van der Waals surface area contributed by atoms with Crippen LogP contribution < -0.4 is 10.6 Å². The molecule has 0 aromatic heterocycles. The number of anilines is 1. The highest BCUT2D eigenvalue weighted by Crippen LogP contribution is 2.15. The van der Waals surface area contributed by atoms with Crippen LogP contribution in [0.2, 0.25) is 0 Å². The molecule has 0 spiro atoms. The van der Waals surface area contributed by atoms with Crippen LogP contribution in [0, 0.1) is 6.92 Å². The van der Waals surface area contributed by atoms with Crippen LogP contribution in [0.15, 0.2) is 18.2 Å². The Bertz CT molecular complexity index is 439. The van der Waals surface area contributed by atoms with Gasteiger partial charge in [-0.05, 0) is 56.6 Å². The average molecular weight is 261 g/mol. The third-order valence-electron chi connectivity index (χ3n) is 3.67. The second-order valence-corrected chi connectivity index (χ2v) is 5.08. The van der Waals surface area contributed by atoms with Crippen molar-refractivity contribution in [1.29, 1.82) is 0 Å². The Morgan fingerprint density at radius 2 is 2.05 bits per heavy atom. The molecule has 0 radical (unpaired) electrons. The first-order valence-corrected chi connectivity index (χ1v) is 6.99. The van der Waals surface area contributed by atoms with Crippen molar-refractivity contribution in [2.24, 2.45) is 0 Å². The van der Waals surface area contributed by atoms with Crippen LogP contribution in [-0.4, -0.2) is 44.0 Å². The molecule has 4 nitrogen and oxygen atoms in total. The quantitative estimate of drug-likeness (QED) is 0.850. The molecule has 2 N–H and O–H groups in total. The Labute approximate surface area is 115 Å². The number of likely N-dealkylation sites (tertiary alicyclic amines) is 1. The molecule has 1 amide bonds. The van der Waals surface area contributed by atoms with E-state index < -0.39 is 0 Å². The van der Waals surface area contributed by atoms with E-state index in [0.29, 0.717) is 0 Å². The Morgan fingerprint density at radius 1 is 1.32 bits per heavy atom. The summed E-state index contributed by atoms with van der Waals surface area (Å²) in [6.07, 6.45) is 2.58. The van der Waals surface area contributed by atoms with Crippen LogP contribution in [0.5, 0.6) is 0 Å². The predicted molar refractivity (Wildman–Crippen MR) is 78.7 cm³/mol. The van der Waals surface area contributed by atoms with Gasteiger partial charge in [-0.15, -0.1) is 0 Å². The molecular formula is C15H23N3O. The zero-order valence-corrected chi connectivity index (χ0v) is 11.8. The van der Waals surface area contributed by atoms with E-state index in [1.807, 2.05) is 32.2 Å². The molecule has 4 heteroatoms. The highest BCUT2D eigenvalue weighted by Gasteiger charge is 2.12. The Hall–Kier alpha value is -1.55. The van der Waals surface area contributed by atoms with Gasteiger partial charge in [0.2, 0.25) is 0 Å². The summed E-state index contributed by atoms with van der Waals surface area (Å²) in [5.74, 6) is 0.0185. The smallest absolute Gasteiger partial charge is 0.251 e. The zero-order valence-electron chi connectivity index (χ0n) is 11.8. The number of aryl methyl sites for hydroxylation is 1. The van der Waals surface area contributed by atoms with Gasteiger partial charge < -0.3 is 15.5 Å². The first-order chi connectivity index (χ1) is 9.20. The molecule has 1 aromatic rings. The molecule has 104 valence electrons. The second kappa shape index (κ2) is 6.57. The van der Waals surface area contributed by atoms with Gasteiger partial charge in [-0.3, -0.25) is 4.79 Å². The molecule has 1 saturated heterocycles. The minimum atomic E-state index is 0.0185. The lowest BCUT2D eigenvalue weighted by atomic mass is 10.1. The van der Waals surface area contributed by atoms with Gasteiger partial charge in [0.15, 0.2) is 0 Å². The number of hydrogen-bond donors (Lipinski definition) is 2. The third kappa shape index (κ3) is 3.70. The minimum absolute atomic E-state index is 0.0185. The molecule has 0 saturated carbocycles. The summed E-state index contributed by atoms with van der Waals surface area (Å²) in [6.45, 7) is 6.04. The predicted octanol–water partition coefficient (Wildman–Crippen LogP) is 1.86. The molecule has 0 unspecified atom stereocenters. The van der Waals surface area contributed by atoms with Gasteiger partial charge in [0.05, 0.1) is 0 Å². The average Bonchev–Trinajstić information content (AvgIpc) is 2.91. The van der Waals surface area contributed by atoms with Gasteiger partial charge in [0, 0.05) is 31.4 Å². The first-order valence-electron chi connectivity index (χ1n) is 6.99. The van der Waals surface area contributed by atoms with Crippen molar-refractivity contribution < 1.29 is 4.79 Å². The SMILES string of the molecule is CNc1ccc(C(=O)NCCN2CCCC2)cc1C. The molecule has 1 aromatic carbocycles. The van der Waals surface area contributed by atoms with Crippen LogP contribution in [0.1, 0.15) is 28.8 Å². The molecule has 1 heterocycles. The molecule has 0 aliphatic carbocycles. The van der Waals surface area contributed by atoms with E-state index in [9.17, 15) is 4.79 Å². The molecule has 0 atom stereocenters. The standard InChI is InChI=1S/C15H23N3O/c1-12-11-13(5-6-14(12)16-2)15(19)17-7-10-18-8-3-4-9-18/h5-6,11,16H,3-4,7-10H2,1-2H3,(H,17,19). The van der Waals surface area contributed by atoms with E-state index in [-0.39, 0.29) is 5.91 Å². The van der Waals surface area contributed by atoms with Crippen LogP contribution in [-0.2, 0) is 0 Å². The van der Waals surface area contributed by atoms with Gasteiger partial charge in [0.25, 0.3) is 5.91 Å². The number of nitrogens with zero attached hydrogens (tertiary/aromatic N) is 1. The molecule has 19 heavy (non-hydrogen) atoms. The summed E-state index contributed by atoms with van der Waals surface area (Å²) < 4.78 is 0. The lowest BCUT2D eigenvalue weighted by Crippen LogP contribution is -2.33. The van der Waals surface area contributed by atoms with Crippen molar-refractivity contribution in [3.63, 3.8) is 0 Å². The van der Waals surface area contributed by atoms with E-state index in [1.54, 1.807) is 0 Å². The molecule has 1 fully saturated rings. The second-order valence-electron chi connectivity index (χ2n) is 5.08. The van der Waals surface area contributed by atoms with Gasteiger partial charge >= 0.3 is 0 Å². The fourth-order valence-corrected chi connectivity index (χ4v) is 2.52. The van der Waals surface area contributed by atoms with E-state index in [0.717, 1.165) is 29.9 Å². The lowest BCUT2D eigenvalue weighted by molar-refractivity contribution is 0.0949. The van der Waals surface area contributed by atoms with E-state index in [4.69, 9.17) is 0 Å². The van der Waals surface area contributed by atoms with E-state index in [1.165, 1.54) is 25.9 Å². The molecule has 2 rings (SSSR count). The van der Waals surface area contributed by atoms with Gasteiger partial charge in [0.1, 0.15) is 0 Å². The van der Waals surface area contributed by atoms with Crippen LogP contribution in [0.3, 0.4) is 0 Å². The van der Waals surface area contributed by atoms with Crippen molar-refractivity contribution in [3.05, 3.63) is 29.3 Å². The number of rotatable bonds is 5. The molecular weight excluding hydrogens is 238 g/mol. The van der Waals surface area contributed by atoms with E-state index >= 15 is 0 Å². The monoisotopic (exact) mass is 261 g/mol. The van der Waals surface area contributed by atoms with Crippen LogP contribution in [0.4, 0.5) is 5.69 Å². The topological polar surface area (TPSA) is 44.4 Å². The molecule has 1 aliphatic rings. The van der Waals surface area contributed by atoms with Crippen molar-refractivity contribution in [2.75, 3.05) is 38.5 Å². The Balaban J connectivity index is 1.83. The summed E-state index contributed by atoms with van der Waals surface area (Å²) in [7, 11) is 1.89. The number of nitrogens with one attached hydrogen (secondary N) is 2. The van der Waals surface area contributed by atoms with Gasteiger partial charge in [-0.1, -0.05) is 0 Å². The van der Waals surface area contributed by atoms with Gasteiger partial charge in [-0.2, -0.15) is 0 Å². The summed E-state index contributed by atoms with van der Waals surface area (Å²) in [6, 6.07) is 5.74. The molecule has 1 aliphatic heterocycles. The maximum absolute atomic E-state index is 12.0. The summed E-state index contributed by atoms with van der Waals surface area (Å²) in [5, 5.41) is 6.09.